The fourth-order valence-electron chi connectivity index (χ4n) is 2.15. The first-order valence-electron chi connectivity index (χ1n) is 6.43. The van der Waals surface area contributed by atoms with E-state index in [0.29, 0.717) is 24.4 Å². The number of thiocarbonyl (C=S) groups is 1. The predicted octanol–water partition coefficient (Wildman–Crippen LogP) is 2.15. The molecule has 0 aromatic heterocycles. The number of benzene rings is 2. The molecule has 0 aliphatic carbocycles. The van der Waals surface area contributed by atoms with Gasteiger partial charge in [-0.3, -0.25) is 4.79 Å². The molecule has 5 N–H and O–H groups in total. The van der Waals surface area contributed by atoms with Crippen LogP contribution in [0.25, 0.3) is 10.8 Å². The van der Waals surface area contributed by atoms with Crippen LogP contribution in [0.5, 0.6) is 0 Å². The molecule has 0 atom stereocenters. The van der Waals surface area contributed by atoms with Gasteiger partial charge >= 0.3 is 0 Å². The van der Waals surface area contributed by atoms with Crippen molar-refractivity contribution in [2.45, 2.75) is 12.8 Å². The van der Waals surface area contributed by atoms with Gasteiger partial charge in [-0.25, -0.2) is 0 Å². The number of hydrogen-bond donors (Lipinski definition) is 3. The molecule has 20 heavy (non-hydrogen) atoms. The minimum Gasteiger partial charge on any atom is -0.389 e. The number of fused-ring (bicyclic) bond motifs is 1. The molecule has 0 saturated carbocycles. The summed E-state index contributed by atoms with van der Waals surface area (Å²) in [5.41, 5.74) is 12.7. The molecule has 104 valence electrons. The molecular weight excluding hydrogens is 270 g/mol. The summed E-state index contributed by atoms with van der Waals surface area (Å²) in [6.45, 7) is 0.694. The first-order chi connectivity index (χ1) is 9.59. The minimum absolute atomic E-state index is 0.277. The highest BCUT2D eigenvalue weighted by Gasteiger charge is 2.07. The zero-order chi connectivity index (χ0) is 14.5. The molecule has 0 radical (unpaired) electrons. The van der Waals surface area contributed by atoms with E-state index < -0.39 is 0 Å². The van der Waals surface area contributed by atoms with Crippen molar-refractivity contribution >= 4 is 39.6 Å². The zero-order valence-electron chi connectivity index (χ0n) is 11.1. The third-order valence-electron chi connectivity index (χ3n) is 3.10. The Labute approximate surface area is 123 Å². The maximum Gasteiger partial charge on any atom is 0.217 e. The van der Waals surface area contributed by atoms with E-state index in [4.69, 9.17) is 23.7 Å². The molecule has 5 heteroatoms. The van der Waals surface area contributed by atoms with Gasteiger partial charge in [-0.1, -0.05) is 36.5 Å². The van der Waals surface area contributed by atoms with Crippen LogP contribution in [0.3, 0.4) is 0 Å². The summed E-state index contributed by atoms with van der Waals surface area (Å²) in [5, 5.41) is 5.41. The van der Waals surface area contributed by atoms with Crippen LogP contribution in [-0.4, -0.2) is 17.4 Å². The highest BCUT2D eigenvalue weighted by molar-refractivity contribution is 7.80. The maximum absolute atomic E-state index is 10.7. The second-order valence-electron chi connectivity index (χ2n) is 4.57. The topological polar surface area (TPSA) is 81.1 Å². The molecule has 0 bridgehead atoms. The molecule has 0 unspecified atom stereocenters. The Morgan fingerprint density at radius 3 is 2.45 bits per heavy atom. The lowest BCUT2D eigenvalue weighted by Gasteiger charge is -2.12. The molecule has 4 nitrogen and oxygen atoms in total. The number of hydrogen-bond acceptors (Lipinski definition) is 3. The van der Waals surface area contributed by atoms with Crippen molar-refractivity contribution in [3.63, 3.8) is 0 Å². The van der Waals surface area contributed by atoms with Gasteiger partial charge in [-0.15, -0.1) is 0 Å². The summed E-state index contributed by atoms with van der Waals surface area (Å²) >= 11 is 5.07. The van der Waals surface area contributed by atoms with Crippen LogP contribution in [0.1, 0.15) is 18.4 Å². The van der Waals surface area contributed by atoms with Crippen LogP contribution in [0.4, 0.5) is 5.69 Å². The van der Waals surface area contributed by atoms with E-state index in [1.165, 1.54) is 0 Å². The molecule has 2 rings (SSSR count). The van der Waals surface area contributed by atoms with E-state index in [0.717, 1.165) is 22.0 Å². The molecule has 0 aliphatic rings. The quantitative estimate of drug-likeness (QED) is 0.562. The average Bonchev–Trinajstić information content (AvgIpc) is 2.43. The number of anilines is 1. The number of nitrogens with two attached hydrogens (primary N) is 2. The van der Waals surface area contributed by atoms with Crippen molar-refractivity contribution < 1.29 is 4.79 Å². The number of carbonyl (C=O) groups is 1. The monoisotopic (exact) mass is 287 g/mol. The molecule has 0 heterocycles. The maximum atomic E-state index is 10.7. The number of nitrogens with one attached hydrogen (secondary N) is 1. The van der Waals surface area contributed by atoms with E-state index in [1.54, 1.807) is 0 Å². The highest BCUT2D eigenvalue weighted by atomic mass is 32.1. The van der Waals surface area contributed by atoms with Crippen LogP contribution < -0.4 is 16.8 Å². The molecule has 0 saturated heterocycles. The van der Waals surface area contributed by atoms with Gasteiger partial charge in [0.2, 0.25) is 5.91 Å². The van der Waals surface area contributed by atoms with E-state index >= 15 is 0 Å². The molecule has 2 aromatic rings. The van der Waals surface area contributed by atoms with Crippen molar-refractivity contribution in [2.24, 2.45) is 11.5 Å². The van der Waals surface area contributed by atoms with Gasteiger partial charge in [0.05, 0.1) is 0 Å². The van der Waals surface area contributed by atoms with E-state index in [-0.39, 0.29) is 5.91 Å². The van der Waals surface area contributed by atoms with Crippen molar-refractivity contribution in [1.29, 1.82) is 0 Å². The second-order valence-corrected chi connectivity index (χ2v) is 5.01. The van der Waals surface area contributed by atoms with E-state index in [9.17, 15) is 4.79 Å². The Morgan fingerprint density at radius 1 is 1.10 bits per heavy atom. The molecule has 0 spiro atoms. The summed E-state index contributed by atoms with van der Waals surface area (Å²) in [6, 6.07) is 11.8. The lowest BCUT2D eigenvalue weighted by Crippen LogP contribution is -2.13. The van der Waals surface area contributed by atoms with Crippen LogP contribution in [0.15, 0.2) is 36.4 Å². The number of rotatable bonds is 6. The van der Waals surface area contributed by atoms with Gasteiger partial charge < -0.3 is 16.8 Å². The number of carbonyl (C=O) groups excluding carboxylic acids is 1. The van der Waals surface area contributed by atoms with Gasteiger partial charge in [0, 0.05) is 29.6 Å². The summed E-state index contributed by atoms with van der Waals surface area (Å²) < 4.78 is 0. The Morgan fingerprint density at radius 2 is 1.80 bits per heavy atom. The Balaban J connectivity index is 2.24. The van der Waals surface area contributed by atoms with Gasteiger partial charge in [-0.05, 0) is 23.9 Å². The molecule has 2 aromatic carbocycles. The average molecular weight is 287 g/mol. The van der Waals surface area contributed by atoms with Gasteiger partial charge in [-0.2, -0.15) is 0 Å². The summed E-state index contributed by atoms with van der Waals surface area (Å²) in [5.74, 6) is -0.277. The summed E-state index contributed by atoms with van der Waals surface area (Å²) in [6.07, 6.45) is 1.09. The molecule has 0 fully saturated rings. The third kappa shape index (κ3) is 3.24. The number of amides is 1. The Bertz CT molecular complexity index is 655. The fraction of sp³-hybridized carbons (Fsp3) is 0.200. The molecular formula is C15H17N3OS. The first kappa shape index (κ1) is 14.3. The van der Waals surface area contributed by atoms with E-state index in [1.807, 2.05) is 36.4 Å². The third-order valence-corrected chi connectivity index (χ3v) is 3.32. The van der Waals surface area contributed by atoms with Crippen LogP contribution >= 0.6 is 12.2 Å². The van der Waals surface area contributed by atoms with Gasteiger partial charge in [0.15, 0.2) is 0 Å². The number of primary amides is 1. The molecule has 0 aliphatic heterocycles. The predicted molar refractivity (Wildman–Crippen MR) is 86.8 cm³/mol. The lowest BCUT2D eigenvalue weighted by atomic mass is 10.0. The standard InChI is InChI=1S/C15H17N3OS/c16-14(19)6-3-9-18-13-8-7-12(15(17)20)10-4-1-2-5-11(10)13/h1-2,4-5,7-8,18H,3,6,9H2,(H2,16,19)(H2,17,20). The molecule has 1 amide bonds. The van der Waals surface area contributed by atoms with Crippen molar-refractivity contribution in [3.8, 4) is 0 Å². The van der Waals surface area contributed by atoms with E-state index in [2.05, 4.69) is 5.32 Å². The SMILES string of the molecule is NC(=O)CCCNc1ccc(C(N)=S)c2ccccc12. The van der Waals surface area contributed by atoms with Crippen LogP contribution in [0.2, 0.25) is 0 Å². The van der Waals surface area contributed by atoms with Crippen molar-refractivity contribution in [1.82, 2.24) is 0 Å². The lowest BCUT2D eigenvalue weighted by molar-refractivity contribution is -0.118. The fourth-order valence-corrected chi connectivity index (χ4v) is 2.33. The second kappa shape index (κ2) is 6.34. The largest absolute Gasteiger partial charge is 0.389 e. The van der Waals surface area contributed by atoms with Crippen molar-refractivity contribution in [3.05, 3.63) is 42.0 Å². The minimum atomic E-state index is -0.277. The van der Waals surface area contributed by atoms with Gasteiger partial charge in [0.25, 0.3) is 0 Å². The normalized spacial score (nSPS) is 10.4. The Kier molecular flexibility index (Phi) is 4.53. The van der Waals surface area contributed by atoms with Gasteiger partial charge in [0.1, 0.15) is 4.99 Å². The Hall–Kier alpha value is -2.14. The van der Waals surface area contributed by atoms with Crippen LogP contribution in [0, 0.1) is 0 Å². The summed E-state index contributed by atoms with van der Waals surface area (Å²) in [4.78, 5) is 11.1. The first-order valence-corrected chi connectivity index (χ1v) is 6.84. The summed E-state index contributed by atoms with van der Waals surface area (Å²) in [7, 11) is 0. The highest BCUT2D eigenvalue weighted by Crippen LogP contribution is 2.26. The smallest absolute Gasteiger partial charge is 0.217 e. The van der Waals surface area contributed by atoms with Crippen molar-refractivity contribution in [2.75, 3.05) is 11.9 Å². The zero-order valence-corrected chi connectivity index (χ0v) is 11.9. The van der Waals surface area contributed by atoms with Crippen LogP contribution in [-0.2, 0) is 4.79 Å².